The fourth-order valence-corrected chi connectivity index (χ4v) is 8.18. The van der Waals surface area contributed by atoms with Crippen molar-refractivity contribution in [3.8, 4) is 23.0 Å². The monoisotopic (exact) mass is 836 g/mol. The summed E-state index contributed by atoms with van der Waals surface area (Å²) in [5.41, 5.74) is -0.339. The van der Waals surface area contributed by atoms with Gasteiger partial charge in [-0.1, -0.05) is 52.8 Å². The molecule has 4 aliphatic rings. The Kier molecular flexibility index (Phi) is 14.3. The highest BCUT2D eigenvalue weighted by Gasteiger charge is 2.50. The van der Waals surface area contributed by atoms with Crippen LogP contribution in [0.4, 0.5) is 5.69 Å². The number of amides is 1. The maximum atomic E-state index is 14.5. The largest absolute Gasteiger partial charge is 0.507 e. The lowest BCUT2D eigenvalue weighted by Crippen LogP contribution is -2.46. The van der Waals surface area contributed by atoms with Crippen molar-refractivity contribution in [2.24, 2.45) is 28.8 Å². The molecule has 16 nitrogen and oxygen atoms in total. The molecule has 328 valence electrons. The number of nitrogens with one attached hydrogen (secondary N) is 1. The maximum absolute atomic E-state index is 14.5. The van der Waals surface area contributed by atoms with Gasteiger partial charge in [0.25, 0.3) is 11.7 Å². The highest BCUT2D eigenvalue weighted by atomic mass is 16.7. The maximum Gasteiger partial charge on any atom is 0.312 e. The van der Waals surface area contributed by atoms with Crippen molar-refractivity contribution in [1.29, 1.82) is 0 Å². The number of nitrogens with zero attached hydrogens (tertiary/aromatic N) is 3. The van der Waals surface area contributed by atoms with Gasteiger partial charge in [0.1, 0.15) is 23.4 Å². The zero-order chi connectivity index (χ0) is 44.4. The normalized spacial score (nSPS) is 31.7. The fraction of sp³-hybridized carbons (Fsp3) is 0.545. The van der Waals surface area contributed by atoms with Crippen LogP contribution in [0.3, 0.4) is 0 Å². The average Bonchev–Trinajstić information content (AvgIpc) is 3.49. The summed E-state index contributed by atoms with van der Waals surface area (Å²) in [7, 11) is 1.44. The van der Waals surface area contributed by atoms with Crippen molar-refractivity contribution in [2.75, 3.05) is 45.2 Å². The van der Waals surface area contributed by atoms with Gasteiger partial charge >= 0.3 is 11.8 Å². The molecule has 1 saturated heterocycles. The van der Waals surface area contributed by atoms with E-state index in [0.717, 1.165) is 19.6 Å². The Labute approximate surface area is 350 Å². The number of carbonyl (C=O) groups is 3. The molecular formula is C44H60N4O12. The van der Waals surface area contributed by atoms with Crippen LogP contribution in [0.15, 0.2) is 41.2 Å². The summed E-state index contributed by atoms with van der Waals surface area (Å²) in [5.74, 6) is -8.33. The number of phenolic OH excluding ortho intramolecular Hbond substituents is 3. The fourth-order valence-electron chi connectivity index (χ4n) is 8.18. The first kappa shape index (κ1) is 45.9. The van der Waals surface area contributed by atoms with Crippen LogP contribution >= 0.6 is 0 Å². The van der Waals surface area contributed by atoms with Crippen molar-refractivity contribution >= 4 is 40.3 Å². The van der Waals surface area contributed by atoms with E-state index in [4.69, 9.17) is 18.9 Å². The molecule has 9 atom stereocenters. The molecule has 1 amide bonds. The number of Topliss-reactive ketones (excluding diaryl/α,β-unsaturated/α-hetero) is 1. The number of carbonyl (C=O) groups excluding carboxylic acids is 3. The summed E-state index contributed by atoms with van der Waals surface area (Å²) >= 11 is 0. The van der Waals surface area contributed by atoms with Crippen molar-refractivity contribution in [3.63, 3.8) is 0 Å². The topological polar surface area (TPSA) is 220 Å². The van der Waals surface area contributed by atoms with Gasteiger partial charge < -0.3 is 49.8 Å². The minimum absolute atomic E-state index is 0.0572. The average molecular weight is 837 g/mol. The van der Waals surface area contributed by atoms with Crippen LogP contribution in [-0.4, -0.2) is 129 Å². The number of piperazine rings is 1. The second-order valence-electron chi connectivity index (χ2n) is 16.3. The van der Waals surface area contributed by atoms with Gasteiger partial charge in [-0.15, -0.1) is 0 Å². The van der Waals surface area contributed by atoms with Crippen molar-refractivity contribution in [3.05, 3.63) is 52.8 Å². The van der Waals surface area contributed by atoms with Gasteiger partial charge in [0.2, 0.25) is 0 Å². The van der Waals surface area contributed by atoms with E-state index in [1.165, 1.54) is 59.4 Å². The number of hydrogen-bond donors (Lipinski definition) is 6. The van der Waals surface area contributed by atoms with Gasteiger partial charge in [-0.05, 0) is 26.5 Å². The number of aliphatic hydroxyl groups is 2. The quantitative estimate of drug-likeness (QED) is 0.104. The lowest BCUT2D eigenvalue weighted by atomic mass is 9.78. The molecule has 6 N–H and O–H groups in total. The molecule has 0 aliphatic carbocycles. The van der Waals surface area contributed by atoms with E-state index in [1.54, 1.807) is 44.9 Å². The molecule has 0 unspecified atom stereocenters. The van der Waals surface area contributed by atoms with E-state index in [2.05, 4.69) is 22.2 Å². The van der Waals surface area contributed by atoms with E-state index in [1.807, 2.05) is 0 Å². The summed E-state index contributed by atoms with van der Waals surface area (Å²) in [6.07, 6.45) is 4.88. The summed E-state index contributed by atoms with van der Waals surface area (Å²) < 4.78 is 23.6. The Morgan fingerprint density at radius 3 is 2.25 bits per heavy atom. The van der Waals surface area contributed by atoms with Crippen molar-refractivity contribution < 1.29 is 58.9 Å². The second kappa shape index (κ2) is 18.6. The van der Waals surface area contributed by atoms with Crippen LogP contribution in [-0.2, 0) is 23.8 Å². The predicted octanol–water partition coefficient (Wildman–Crippen LogP) is 4.73. The molecule has 16 heteroatoms. The number of hydrogen-bond acceptors (Lipinski definition) is 15. The van der Waals surface area contributed by atoms with Gasteiger partial charge in [0.05, 0.1) is 53.0 Å². The Morgan fingerprint density at radius 2 is 1.63 bits per heavy atom. The minimum Gasteiger partial charge on any atom is -0.507 e. The molecule has 0 spiro atoms. The zero-order valence-electron chi connectivity index (χ0n) is 36.1. The van der Waals surface area contributed by atoms with Gasteiger partial charge in [0, 0.05) is 87.3 Å². The number of methoxy groups -OCH3 is 1. The van der Waals surface area contributed by atoms with Crippen LogP contribution in [0.2, 0.25) is 0 Å². The SMILES string of the molecule is CCN1CCN(/N=C\c2c3c(O)c4c(O)c(C)c5c(c4c2O)C(=O)[C@@](C)(O/C=C/[C@H](OC)[C@H](C)[C@H](OC(C)=O)[C@@H](C)[C@@H](O)[C@H](C)[C@H](O)[C@H](C)/C=C/C=C(\C)C(=O)N3)O5)CC1. The molecule has 6 rings (SSSR count). The number of fused-ring (bicyclic) bond motifs is 14. The summed E-state index contributed by atoms with van der Waals surface area (Å²) in [4.78, 5) is 42.8. The molecule has 0 radical (unpaired) electrons. The van der Waals surface area contributed by atoms with Crippen LogP contribution in [0, 0.1) is 30.6 Å². The summed E-state index contributed by atoms with van der Waals surface area (Å²) in [6.45, 7) is 18.1. The molecule has 4 heterocycles. The first-order chi connectivity index (χ1) is 28.3. The number of anilines is 1. The number of phenols is 3. The third-order valence-electron chi connectivity index (χ3n) is 12.2. The molecule has 5 bridgehead atoms. The molecule has 0 saturated carbocycles. The number of benzene rings is 2. The van der Waals surface area contributed by atoms with Crippen LogP contribution in [0.25, 0.3) is 10.8 Å². The first-order valence-electron chi connectivity index (χ1n) is 20.4. The molecule has 60 heavy (non-hydrogen) atoms. The van der Waals surface area contributed by atoms with E-state index in [0.29, 0.717) is 13.1 Å². The number of esters is 1. The molecule has 2 aromatic carbocycles. The third-order valence-corrected chi connectivity index (χ3v) is 12.2. The van der Waals surface area contributed by atoms with E-state index >= 15 is 0 Å². The summed E-state index contributed by atoms with van der Waals surface area (Å²) in [5, 5.41) is 67.0. The van der Waals surface area contributed by atoms with E-state index < -0.39 is 88.8 Å². The minimum atomic E-state index is -2.04. The lowest BCUT2D eigenvalue weighted by Gasteiger charge is -2.38. The number of ether oxygens (including phenoxy) is 4. The molecule has 2 aromatic rings. The van der Waals surface area contributed by atoms with Gasteiger partial charge in [-0.2, -0.15) is 5.10 Å². The Balaban J connectivity index is 1.70. The first-order valence-corrected chi connectivity index (χ1v) is 20.4. The number of aromatic hydroxyl groups is 3. The van der Waals surface area contributed by atoms with Crippen LogP contribution in [0.5, 0.6) is 23.0 Å². The van der Waals surface area contributed by atoms with Gasteiger partial charge in [0.15, 0.2) is 5.75 Å². The van der Waals surface area contributed by atoms with Crippen molar-refractivity contribution in [1.82, 2.24) is 9.91 Å². The molecule has 4 aliphatic heterocycles. The number of rotatable bonds is 5. The Morgan fingerprint density at radius 1 is 0.967 bits per heavy atom. The van der Waals surface area contributed by atoms with Gasteiger partial charge in [-0.25, -0.2) is 0 Å². The summed E-state index contributed by atoms with van der Waals surface area (Å²) in [6, 6.07) is 0. The standard InChI is InChI=1S/C44H60N4O12/c1-11-47-16-18-48(19-17-47)45-21-29-34-39(54)32-31(38(29)53)33-41(27(7)37(32)52)60-44(9,42(33)55)58-20-15-30(57-10)24(4)40(59-28(8)49)26(6)36(51)25(5)35(50)22(2)13-12-14-23(3)43(56)46-34/h12-15,20-22,24-26,30,35-36,40,50-54H,11,16-19H2,1-10H3,(H,46,56)/b13-12+,20-15+,23-14+,45-21-/t22-,24+,25-,26+,30+,35-,36+,40+,44+/m1/s1. The van der Waals surface area contributed by atoms with Gasteiger partial charge in [-0.3, -0.25) is 24.3 Å². The lowest BCUT2D eigenvalue weighted by molar-refractivity contribution is -0.160. The second-order valence-corrected chi connectivity index (χ2v) is 16.3. The number of allylic oxidation sites excluding steroid dienone is 2. The number of ketones is 1. The number of hydrazone groups is 1. The zero-order valence-corrected chi connectivity index (χ0v) is 36.1. The highest BCUT2D eigenvalue weighted by Crippen LogP contribution is 2.55. The van der Waals surface area contributed by atoms with Crippen LogP contribution < -0.4 is 10.1 Å². The molecule has 1 fully saturated rings. The Hall–Kier alpha value is -5.16. The van der Waals surface area contributed by atoms with Crippen molar-refractivity contribution in [2.45, 2.75) is 92.5 Å². The third kappa shape index (κ3) is 8.97. The molecule has 0 aromatic heterocycles. The Bertz CT molecular complexity index is 2090. The number of aliphatic hydroxyl groups excluding tert-OH is 2. The van der Waals surface area contributed by atoms with E-state index in [-0.39, 0.29) is 44.5 Å². The highest BCUT2D eigenvalue weighted by molar-refractivity contribution is 6.23. The smallest absolute Gasteiger partial charge is 0.312 e. The van der Waals surface area contributed by atoms with Crippen LogP contribution in [0.1, 0.15) is 76.9 Å². The predicted molar refractivity (Wildman–Crippen MR) is 225 cm³/mol. The van der Waals surface area contributed by atoms with E-state index in [9.17, 15) is 39.9 Å². The number of likely N-dealkylation sites (N-methyl/N-ethyl adjacent to an activating group) is 1. The molecular weight excluding hydrogens is 776 g/mol.